The first-order valence-electron chi connectivity index (χ1n) is 8.43. The van der Waals surface area contributed by atoms with Gasteiger partial charge in [-0.25, -0.2) is 0 Å². The van der Waals surface area contributed by atoms with Crippen LogP contribution in [0.25, 0.3) is 0 Å². The molecule has 21 heavy (non-hydrogen) atoms. The van der Waals surface area contributed by atoms with Gasteiger partial charge < -0.3 is 15.0 Å². The van der Waals surface area contributed by atoms with Crippen LogP contribution in [0.1, 0.15) is 46.5 Å². The largest absolute Gasteiger partial charge is 0.491 e. The van der Waals surface area contributed by atoms with Gasteiger partial charge in [0.25, 0.3) is 0 Å². The second-order valence-electron chi connectivity index (χ2n) is 6.30. The summed E-state index contributed by atoms with van der Waals surface area (Å²) >= 11 is 0. The maximum absolute atomic E-state index is 5.69. The Morgan fingerprint density at radius 3 is 2.62 bits per heavy atom. The van der Waals surface area contributed by atoms with E-state index in [0.717, 1.165) is 5.75 Å². The molecular weight excluding hydrogens is 260 g/mol. The number of nitrogens with zero attached hydrogens (tertiary/aromatic N) is 1. The fourth-order valence-electron chi connectivity index (χ4n) is 2.98. The highest BCUT2D eigenvalue weighted by Gasteiger charge is 2.16. The zero-order valence-electron chi connectivity index (χ0n) is 13.8. The van der Waals surface area contributed by atoms with Crippen molar-refractivity contribution >= 4 is 5.69 Å². The highest BCUT2D eigenvalue weighted by atomic mass is 16.5. The number of hydrogen-bond acceptors (Lipinski definition) is 3. The maximum atomic E-state index is 5.69. The van der Waals surface area contributed by atoms with E-state index in [9.17, 15) is 0 Å². The van der Waals surface area contributed by atoms with Gasteiger partial charge in [0.15, 0.2) is 0 Å². The summed E-state index contributed by atoms with van der Waals surface area (Å²) in [7, 11) is 0. The minimum atomic E-state index is 0.232. The van der Waals surface area contributed by atoms with Crippen molar-refractivity contribution in [2.24, 2.45) is 0 Å². The summed E-state index contributed by atoms with van der Waals surface area (Å²) in [6, 6.07) is 8.98. The molecule has 0 aliphatic carbocycles. The van der Waals surface area contributed by atoms with E-state index in [1.165, 1.54) is 51.0 Å². The molecule has 1 unspecified atom stereocenters. The molecule has 1 heterocycles. The van der Waals surface area contributed by atoms with Crippen LogP contribution in [-0.4, -0.2) is 36.7 Å². The van der Waals surface area contributed by atoms with Crippen LogP contribution < -0.4 is 10.1 Å². The number of likely N-dealkylation sites (tertiary alicyclic amines) is 1. The monoisotopic (exact) mass is 290 g/mol. The first-order valence-corrected chi connectivity index (χ1v) is 8.43. The molecule has 2 rings (SSSR count). The van der Waals surface area contributed by atoms with E-state index in [2.05, 4.69) is 55.3 Å². The summed E-state index contributed by atoms with van der Waals surface area (Å²) in [5.41, 5.74) is 1.21. The quantitative estimate of drug-likeness (QED) is 0.851. The molecule has 1 aliphatic heterocycles. The van der Waals surface area contributed by atoms with Crippen LogP contribution >= 0.6 is 0 Å². The van der Waals surface area contributed by atoms with Crippen LogP contribution in [0, 0.1) is 0 Å². The van der Waals surface area contributed by atoms with Gasteiger partial charge in [0, 0.05) is 18.3 Å². The van der Waals surface area contributed by atoms with Crippen molar-refractivity contribution in [1.82, 2.24) is 4.90 Å². The number of hydrogen-bond donors (Lipinski definition) is 1. The van der Waals surface area contributed by atoms with E-state index in [4.69, 9.17) is 4.74 Å². The van der Waals surface area contributed by atoms with Crippen LogP contribution in [0.5, 0.6) is 5.75 Å². The Morgan fingerprint density at radius 2 is 1.95 bits per heavy atom. The van der Waals surface area contributed by atoms with Gasteiger partial charge in [0.1, 0.15) is 5.75 Å². The first-order chi connectivity index (χ1) is 10.2. The molecule has 3 nitrogen and oxygen atoms in total. The first kappa shape index (κ1) is 16.2. The zero-order chi connectivity index (χ0) is 15.1. The van der Waals surface area contributed by atoms with Crippen molar-refractivity contribution in [2.75, 3.05) is 25.0 Å². The fourth-order valence-corrected chi connectivity index (χ4v) is 2.98. The lowest BCUT2D eigenvalue weighted by Crippen LogP contribution is -2.27. The third kappa shape index (κ3) is 5.58. The second kappa shape index (κ2) is 8.28. The number of benzene rings is 1. The van der Waals surface area contributed by atoms with Gasteiger partial charge in [-0.3, -0.25) is 0 Å². The van der Waals surface area contributed by atoms with Crippen molar-refractivity contribution in [3.63, 3.8) is 0 Å². The van der Waals surface area contributed by atoms with Crippen LogP contribution in [0.15, 0.2) is 24.3 Å². The Labute approximate surface area is 129 Å². The Kier molecular flexibility index (Phi) is 6.37. The molecule has 0 spiro atoms. The fraction of sp³-hybridized carbons (Fsp3) is 0.667. The minimum Gasteiger partial charge on any atom is -0.491 e. The number of rotatable bonds is 6. The van der Waals surface area contributed by atoms with E-state index >= 15 is 0 Å². The van der Waals surface area contributed by atoms with Gasteiger partial charge in [-0.15, -0.1) is 0 Å². The average molecular weight is 290 g/mol. The third-order valence-corrected chi connectivity index (χ3v) is 3.96. The lowest BCUT2D eigenvalue weighted by atomic mass is 10.1. The molecule has 1 saturated heterocycles. The van der Waals surface area contributed by atoms with Crippen LogP contribution in [0.4, 0.5) is 5.69 Å². The minimum absolute atomic E-state index is 0.232. The SMILES string of the molecule is CCCN1CCCC(Nc2ccc(OC(C)C)cc2)CC1. The van der Waals surface area contributed by atoms with Gasteiger partial charge in [-0.2, -0.15) is 0 Å². The molecule has 1 atom stereocenters. The summed E-state index contributed by atoms with van der Waals surface area (Å²) in [5.74, 6) is 0.950. The van der Waals surface area contributed by atoms with Crippen molar-refractivity contribution in [3.05, 3.63) is 24.3 Å². The zero-order valence-corrected chi connectivity index (χ0v) is 13.8. The van der Waals surface area contributed by atoms with E-state index in [1.54, 1.807) is 0 Å². The summed E-state index contributed by atoms with van der Waals surface area (Å²) < 4.78 is 5.69. The number of nitrogens with one attached hydrogen (secondary N) is 1. The predicted octanol–water partition coefficient (Wildman–Crippen LogP) is 4.15. The molecule has 0 aromatic heterocycles. The summed E-state index contributed by atoms with van der Waals surface area (Å²) in [5, 5.41) is 3.68. The van der Waals surface area contributed by atoms with Crippen molar-refractivity contribution < 1.29 is 4.74 Å². The van der Waals surface area contributed by atoms with Crippen LogP contribution in [0.2, 0.25) is 0 Å². The van der Waals surface area contributed by atoms with E-state index in [1.807, 2.05) is 0 Å². The van der Waals surface area contributed by atoms with Gasteiger partial charge in [-0.1, -0.05) is 6.92 Å². The maximum Gasteiger partial charge on any atom is 0.119 e. The molecule has 1 aliphatic rings. The third-order valence-electron chi connectivity index (χ3n) is 3.96. The second-order valence-corrected chi connectivity index (χ2v) is 6.30. The van der Waals surface area contributed by atoms with E-state index < -0.39 is 0 Å². The number of anilines is 1. The Hall–Kier alpha value is -1.22. The predicted molar refractivity (Wildman–Crippen MR) is 90.2 cm³/mol. The molecule has 0 amide bonds. The Balaban J connectivity index is 1.83. The molecule has 1 aromatic carbocycles. The molecular formula is C18H30N2O. The lowest BCUT2D eigenvalue weighted by molar-refractivity contribution is 0.242. The van der Waals surface area contributed by atoms with E-state index in [0.29, 0.717) is 6.04 Å². The van der Waals surface area contributed by atoms with Crippen LogP contribution in [0.3, 0.4) is 0 Å². The van der Waals surface area contributed by atoms with Gasteiger partial charge >= 0.3 is 0 Å². The lowest BCUT2D eigenvalue weighted by Gasteiger charge is -2.20. The number of ether oxygens (including phenoxy) is 1. The summed E-state index contributed by atoms with van der Waals surface area (Å²) in [6.45, 7) is 10.1. The van der Waals surface area contributed by atoms with Crippen molar-refractivity contribution in [2.45, 2.75) is 58.6 Å². The normalized spacial score (nSPS) is 20.3. The summed E-state index contributed by atoms with van der Waals surface area (Å²) in [6.07, 6.45) is 5.30. The molecule has 0 saturated carbocycles. The molecule has 1 N–H and O–H groups in total. The Morgan fingerprint density at radius 1 is 1.19 bits per heavy atom. The topological polar surface area (TPSA) is 24.5 Å². The smallest absolute Gasteiger partial charge is 0.119 e. The highest BCUT2D eigenvalue weighted by molar-refractivity contribution is 5.47. The molecule has 3 heteroatoms. The van der Waals surface area contributed by atoms with Crippen LogP contribution in [-0.2, 0) is 0 Å². The van der Waals surface area contributed by atoms with Gasteiger partial charge in [-0.05, 0) is 76.9 Å². The van der Waals surface area contributed by atoms with Gasteiger partial charge in [0.2, 0.25) is 0 Å². The molecule has 0 bridgehead atoms. The van der Waals surface area contributed by atoms with Crippen molar-refractivity contribution in [1.29, 1.82) is 0 Å². The van der Waals surface area contributed by atoms with Crippen molar-refractivity contribution in [3.8, 4) is 5.75 Å². The highest BCUT2D eigenvalue weighted by Crippen LogP contribution is 2.20. The molecule has 1 aromatic rings. The molecule has 0 radical (unpaired) electrons. The molecule has 118 valence electrons. The van der Waals surface area contributed by atoms with Gasteiger partial charge in [0.05, 0.1) is 6.10 Å². The molecule has 1 fully saturated rings. The standard InChI is InChI=1S/C18H30N2O/c1-4-12-20-13-5-6-16(11-14-20)19-17-7-9-18(10-8-17)21-15(2)3/h7-10,15-16,19H,4-6,11-14H2,1-3H3. The average Bonchev–Trinajstić information content (AvgIpc) is 2.67. The van der Waals surface area contributed by atoms with E-state index in [-0.39, 0.29) is 6.10 Å². The Bertz CT molecular complexity index is 402. The summed E-state index contributed by atoms with van der Waals surface area (Å²) in [4.78, 5) is 2.60.